The standard InChI is InChI=1S/C14H11N3O2/c18-13(14-8-4-10-19-14)7-3-9-17-12-6-2-1-5-11(12)15-16-17/h1-2,4-10,13,18H. The minimum atomic E-state index is -0.818. The van der Waals surface area contributed by atoms with Gasteiger partial charge in [0.05, 0.1) is 18.0 Å². The first-order chi connectivity index (χ1) is 9.34. The van der Waals surface area contributed by atoms with Crippen molar-refractivity contribution in [3.63, 3.8) is 0 Å². The molecule has 0 saturated heterocycles. The summed E-state index contributed by atoms with van der Waals surface area (Å²) in [4.78, 5) is 0. The number of para-hydroxylation sites is 1. The van der Waals surface area contributed by atoms with E-state index >= 15 is 0 Å². The first kappa shape index (κ1) is 11.5. The van der Waals surface area contributed by atoms with Crippen LogP contribution >= 0.6 is 0 Å². The Bertz CT molecular complexity index is 737. The van der Waals surface area contributed by atoms with E-state index in [4.69, 9.17) is 4.42 Å². The van der Waals surface area contributed by atoms with E-state index in [1.807, 2.05) is 24.3 Å². The number of aromatic nitrogens is 3. The lowest BCUT2D eigenvalue weighted by molar-refractivity contribution is 0.197. The molecule has 0 aliphatic heterocycles. The molecule has 2 heterocycles. The van der Waals surface area contributed by atoms with E-state index < -0.39 is 6.10 Å². The molecule has 19 heavy (non-hydrogen) atoms. The molecule has 1 aromatic carbocycles. The Morgan fingerprint density at radius 3 is 3.00 bits per heavy atom. The molecule has 94 valence electrons. The highest BCUT2D eigenvalue weighted by molar-refractivity contribution is 5.75. The molecule has 0 bridgehead atoms. The molecule has 0 amide bonds. The van der Waals surface area contributed by atoms with Crippen molar-refractivity contribution in [3.05, 3.63) is 60.2 Å². The fraction of sp³-hybridized carbons (Fsp3) is 0.0714. The van der Waals surface area contributed by atoms with Crippen molar-refractivity contribution in [2.45, 2.75) is 6.10 Å². The maximum absolute atomic E-state index is 9.77. The first-order valence-corrected chi connectivity index (χ1v) is 5.79. The molecule has 0 fully saturated rings. The van der Waals surface area contributed by atoms with Gasteiger partial charge in [0, 0.05) is 0 Å². The summed E-state index contributed by atoms with van der Waals surface area (Å²) in [5, 5.41) is 17.8. The predicted molar refractivity (Wildman–Crippen MR) is 70.0 cm³/mol. The lowest BCUT2D eigenvalue weighted by Gasteiger charge is -1.97. The summed E-state index contributed by atoms with van der Waals surface area (Å²) in [6.45, 7) is 0. The van der Waals surface area contributed by atoms with Crippen molar-refractivity contribution in [1.29, 1.82) is 0 Å². The van der Waals surface area contributed by atoms with Crippen LogP contribution in [-0.2, 0) is 0 Å². The second-order valence-corrected chi connectivity index (χ2v) is 3.95. The monoisotopic (exact) mass is 253 g/mol. The number of aliphatic hydroxyl groups excluding tert-OH is 1. The van der Waals surface area contributed by atoms with E-state index in [1.54, 1.807) is 23.0 Å². The van der Waals surface area contributed by atoms with Gasteiger partial charge in [-0.25, -0.2) is 4.68 Å². The summed E-state index contributed by atoms with van der Waals surface area (Å²) in [6.07, 6.45) is 3.80. The van der Waals surface area contributed by atoms with Crippen LogP contribution in [0.5, 0.6) is 0 Å². The zero-order valence-corrected chi connectivity index (χ0v) is 9.97. The highest BCUT2D eigenvalue weighted by Crippen LogP contribution is 2.14. The molecule has 2 aromatic heterocycles. The molecule has 1 unspecified atom stereocenters. The van der Waals surface area contributed by atoms with Crippen molar-refractivity contribution in [1.82, 2.24) is 15.0 Å². The van der Waals surface area contributed by atoms with Crippen LogP contribution in [0.1, 0.15) is 11.9 Å². The summed E-state index contributed by atoms with van der Waals surface area (Å²) < 4.78 is 6.68. The zero-order chi connectivity index (χ0) is 13.1. The average Bonchev–Trinajstić information content (AvgIpc) is 3.08. The Morgan fingerprint density at radius 1 is 1.26 bits per heavy atom. The number of hydrogen-bond donors (Lipinski definition) is 1. The van der Waals surface area contributed by atoms with Crippen LogP contribution in [-0.4, -0.2) is 20.1 Å². The maximum Gasteiger partial charge on any atom is 0.137 e. The van der Waals surface area contributed by atoms with Gasteiger partial charge in [-0.2, -0.15) is 0 Å². The number of nitrogens with zero attached hydrogens (tertiary/aromatic N) is 3. The predicted octanol–water partition coefficient (Wildman–Crippen LogP) is 2.38. The minimum Gasteiger partial charge on any atom is -0.466 e. The second-order valence-electron chi connectivity index (χ2n) is 3.95. The summed E-state index contributed by atoms with van der Waals surface area (Å²) >= 11 is 0. The average molecular weight is 253 g/mol. The fourth-order valence-electron chi connectivity index (χ4n) is 1.73. The van der Waals surface area contributed by atoms with E-state index in [0.717, 1.165) is 11.0 Å². The molecule has 3 aromatic rings. The van der Waals surface area contributed by atoms with Gasteiger partial charge in [0.2, 0.25) is 0 Å². The SMILES string of the molecule is OC(C=C=Cn1nnc2ccccc21)c1ccco1. The topological polar surface area (TPSA) is 64.1 Å². The first-order valence-electron chi connectivity index (χ1n) is 5.79. The van der Waals surface area contributed by atoms with Crippen molar-refractivity contribution in [3.8, 4) is 0 Å². The van der Waals surface area contributed by atoms with E-state index in [1.165, 1.54) is 12.3 Å². The molecule has 0 saturated carbocycles. The molecule has 1 N–H and O–H groups in total. The summed E-state index contributed by atoms with van der Waals surface area (Å²) in [6, 6.07) is 11.0. The summed E-state index contributed by atoms with van der Waals surface area (Å²) in [5.74, 6) is 0.476. The molecule has 0 radical (unpaired) electrons. The van der Waals surface area contributed by atoms with Crippen LogP contribution < -0.4 is 0 Å². The van der Waals surface area contributed by atoms with Gasteiger partial charge in [-0.15, -0.1) is 10.8 Å². The van der Waals surface area contributed by atoms with Crippen LogP contribution in [0.15, 0.2) is 58.9 Å². The fourth-order valence-corrected chi connectivity index (χ4v) is 1.73. The van der Waals surface area contributed by atoms with Gasteiger partial charge in [0.25, 0.3) is 0 Å². The highest BCUT2D eigenvalue weighted by Gasteiger charge is 2.04. The molecular weight excluding hydrogens is 242 g/mol. The number of hydrogen-bond acceptors (Lipinski definition) is 4. The number of rotatable bonds is 3. The van der Waals surface area contributed by atoms with Crippen LogP contribution in [0.3, 0.4) is 0 Å². The quantitative estimate of drug-likeness (QED) is 0.728. The van der Waals surface area contributed by atoms with Crippen molar-refractivity contribution in [2.24, 2.45) is 0 Å². The Hall–Kier alpha value is -2.62. The molecule has 5 nitrogen and oxygen atoms in total. The highest BCUT2D eigenvalue weighted by atomic mass is 16.4. The van der Waals surface area contributed by atoms with Crippen molar-refractivity contribution < 1.29 is 9.52 Å². The molecule has 0 spiro atoms. The van der Waals surface area contributed by atoms with Gasteiger partial charge in [0.1, 0.15) is 17.4 Å². The molecule has 1 atom stereocenters. The minimum absolute atomic E-state index is 0.476. The van der Waals surface area contributed by atoms with Gasteiger partial charge in [-0.3, -0.25) is 0 Å². The van der Waals surface area contributed by atoms with Gasteiger partial charge in [-0.05, 0) is 30.3 Å². The summed E-state index contributed by atoms with van der Waals surface area (Å²) in [7, 11) is 0. The Kier molecular flexibility index (Phi) is 2.98. The van der Waals surface area contributed by atoms with Gasteiger partial charge >= 0.3 is 0 Å². The smallest absolute Gasteiger partial charge is 0.137 e. The van der Waals surface area contributed by atoms with E-state index in [9.17, 15) is 5.11 Å². The second kappa shape index (κ2) is 4.94. The van der Waals surface area contributed by atoms with Gasteiger partial charge in [0.15, 0.2) is 0 Å². The lowest BCUT2D eigenvalue weighted by atomic mass is 10.3. The van der Waals surface area contributed by atoms with E-state index in [-0.39, 0.29) is 0 Å². The number of aliphatic hydroxyl groups is 1. The molecular formula is C14H11N3O2. The Balaban J connectivity index is 1.86. The van der Waals surface area contributed by atoms with Gasteiger partial charge < -0.3 is 9.52 Å². The third-order valence-electron chi connectivity index (χ3n) is 2.66. The molecule has 0 aliphatic rings. The Labute approximate surface area is 109 Å². The van der Waals surface area contributed by atoms with Gasteiger partial charge in [-0.1, -0.05) is 17.3 Å². The third kappa shape index (κ3) is 2.33. The van der Waals surface area contributed by atoms with E-state index in [2.05, 4.69) is 16.0 Å². The number of benzene rings is 1. The third-order valence-corrected chi connectivity index (χ3v) is 2.66. The Morgan fingerprint density at radius 2 is 2.16 bits per heavy atom. The van der Waals surface area contributed by atoms with E-state index in [0.29, 0.717) is 5.76 Å². The number of furan rings is 1. The van der Waals surface area contributed by atoms with Crippen molar-refractivity contribution >= 4 is 17.2 Å². The zero-order valence-electron chi connectivity index (χ0n) is 9.97. The van der Waals surface area contributed by atoms with Crippen LogP contribution in [0.4, 0.5) is 0 Å². The summed E-state index contributed by atoms with van der Waals surface area (Å²) in [5.41, 5.74) is 4.57. The van der Waals surface area contributed by atoms with Crippen LogP contribution in [0, 0.1) is 0 Å². The molecule has 0 aliphatic carbocycles. The normalized spacial score (nSPS) is 12.1. The van der Waals surface area contributed by atoms with Crippen molar-refractivity contribution in [2.75, 3.05) is 0 Å². The molecule has 5 heteroatoms. The molecule has 3 rings (SSSR count). The largest absolute Gasteiger partial charge is 0.466 e. The lowest BCUT2D eigenvalue weighted by Crippen LogP contribution is -1.90. The maximum atomic E-state index is 9.77. The number of fused-ring (bicyclic) bond motifs is 1. The van der Waals surface area contributed by atoms with Crippen LogP contribution in [0.2, 0.25) is 0 Å². The van der Waals surface area contributed by atoms with Crippen LogP contribution in [0.25, 0.3) is 17.2 Å².